The Bertz CT molecular complexity index is 1140. The lowest BCUT2D eigenvalue weighted by Gasteiger charge is -2.18. The number of rotatable bonds is 4. The molecule has 0 aliphatic carbocycles. The summed E-state index contributed by atoms with van der Waals surface area (Å²) in [6.45, 7) is 2.52. The number of nitrogens with zero attached hydrogens (tertiary/aromatic N) is 2. The Labute approximate surface area is 174 Å². The minimum Gasteiger partial charge on any atom is -0.497 e. The molecule has 1 aliphatic rings. The Morgan fingerprint density at radius 1 is 1.21 bits per heavy atom. The molecule has 0 radical (unpaired) electrons. The number of halogens is 1. The van der Waals surface area contributed by atoms with E-state index in [2.05, 4.69) is 5.32 Å². The van der Waals surface area contributed by atoms with E-state index >= 15 is 0 Å². The molecule has 1 aliphatic heterocycles. The van der Waals surface area contributed by atoms with Gasteiger partial charge in [0.1, 0.15) is 11.4 Å². The predicted molar refractivity (Wildman–Crippen MR) is 115 cm³/mol. The summed E-state index contributed by atoms with van der Waals surface area (Å²) in [6, 6.07) is 11.1. The van der Waals surface area contributed by atoms with Gasteiger partial charge in [-0.25, -0.2) is 0 Å². The van der Waals surface area contributed by atoms with Crippen LogP contribution in [0.25, 0.3) is 10.9 Å². The fraction of sp³-hybridized carbons (Fsp3) is 0.273. The lowest BCUT2D eigenvalue weighted by molar-refractivity contribution is -0.117. The van der Waals surface area contributed by atoms with Crippen molar-refractivity contribution in [1.82, 2.24) is 4.57 Å². The van der Waals surface area contributed by atoms with Crippen LogP contribution in [0.2, 0.25) is 5.02 Å². The van der Waals surface area contributed by atoms with Gasteiger partial charge in [-0.3, -0.25) is 9.59 Å². The van der Waals surface area contributed by atoms with Crippen LogP contribution < -0.4 is 15.0 Å². The largest absolute Gasteiger partial charge is 0.497 e. The molecule has 4 rings (SSSR count). The van der Waals surface area contributed by atoms with Gasteiger partial charge in [-0.2, -0.15) is 0 Å². The minimum absolute atomic E-state index is 0.0164. The van der Waals surface area contributed by atoms with E-state index in [1.54, 1.807) is 24.1 Å². The molecule has 3 aromatic rings. The summed E-state index contributed by atoms with van der Waals surface area (Å²) in [6.07, 6.45) is 1.25. The smallest absolute Gasteiger partial charge is 0.274 e. The number of ether oxygens (including phenoxy) is 1. The molecule has 0 bridgehead atoms. The average Bonchev–Trinajstić information content (AvgIpc) is 3.24. The highest BCUT2D eigenvalue weighted by Crippen LogP contribution is 2.38. The maximum atomic E-state index is 13.3. The molecule has 1 saturated heterocycles. The number of aromatic nitrogens is 1. The summed E-state index contributed by atoms with van der Waals surface area (Å²) < 4.78 is 7.18. The first-order valence-electron chi connectivity index (χ1n) is 9.45. The van der Waals surface area contributed by atoms with Crippen molar-refractivity contribution in [3.63, 3.8) is 0 Å². The molecule has 6 nitrogen and oxygen atoms in total. The minimum atomic E-state index is -0.317. The molecular formula is C22H22ClN3O3. The van der Waals surface area contributed by atoms with E-state index in [4.69, 9.17) is 16.3 Å². The van der Waals surface area contributed by atoms with Gasteiger partial charge in [-0.1, -0.05) is 17.7 Å². The summed E-state index contributed by atoms with van der Waals surface area (Å²) in [5.41, 5.74) is 3.42. The Hall–Kier alpha value is -2.99. The molecule has 29 heavy (non-hydrogen) atoms. The van der Waals surface area contributed by atoms with Crippen molar-refractivity contribution in [2.24, 2.45) is 7.05 Å². The zero-order valence-corrected chi connectivity index (χ0v) is 17.3. The van der Waals surface area contributed by atoms with Gasteiger partial charge in [0, 0.05) is 25.4 Å². The first-order valence-corrected chi connectivity index (χ1v) is 9.83. The number of carbonyl (C=O) groups is 2. The number of methoxy groups -OCH3 is 1. The van der Waals surface area contributed by atoms with Crippen LogP contribution in [0.3, 0.4) is 0 Å². The molecule has 0 atom stereocenters. The van der Waals surface area contributed by atoms with Crippen molar-refractivity contribution in [2.75, 3.05) is 23.9 Å². The molecule has 2 heterocycles. The molecule has 2 aromatic carbocycles. The van der Waals surface area contributed by atoms with Crippen LogP contribution in [0.4, 0.5) is 11.4 Å². The first kappa shape index (κ1) is 19.3. The molecule has 7 heteroatoms. The van der Waals surface area contributed by atoms with E-state index < -0.39 is 0 Å². The number of aryl methyl sites for hydroxylation is 2. The third kappa shape index (κ3) is 3.34. The van der Waals surface area contributed by atoms with E-state index in [1.807, 2.05) is 42.8 Å². The van der Waals surface area contributed by atoms with Gasteiger partial charge < -0.3 is 19.5 Å². The lowest BCUT2D eigenvalue weighted by atomic mass is 10.1. The Kier molecular flexibility index (Phi) is 4.96. The molecule has 0 saturated carbocycles. The molecule has 150 valence electrons. The third-order valence-electron chi connectivity index (χ3n) is 5.31. The number of nitrogens with one attached hydrogen (secondary N) is 1. The highest BCUT2D eigenvalue weighted by Gasteiger charge is 2.31. The second-order valence-electron chi connectivity index (χ2n) is 7.23. The van der Waals surface area contributed by atoms with Crippen molar-refractivity contribution in [3.8, 4) is 5.75 Å². The molecule has 1 N–H and O–H groups in total. The van der Waals surface area contributed by atoms with Crippen LogP contribution in [0.5, 0.6) is 5.75 Å². The normalized spacial score (nSPS) is 13.9. The van der Waals surface area contributed by atoms with Gasteiger partial charge in [-0.15, -0.1) is 0 Å². The van der Waals surface area contributed by atoms with E-state index in [-0.39, 0.29) is 11.8 Å². The Balaban J connectivity index is 1.87. The fourth-order valence-corrected chi connectivity index (χ4v) is 4.13. The number of fused-ring (bicyclic) bond motifs is 1. The number of hydrogen-bond donors (Lipinski definition) is 1. The van der Waals surface area contributed by atoms with E-state index in [0.717, 1.165) is 22.9 Å². The number of benzene rings is 2. The Morgan fingerprint density at radius 3 is 2.66 bits per heavy atom. The summed E-state index contributed by atoms with van der Waals surface area (Å²) in [5, 5.41) is 4.18. The molecule has 1 aromatic heterocycles. The van der Waals surface area contributed by atoms with E-state index in [0.29, 0.717) is 40.8 Å². The average molecular weight is 412 g/mol. The maximum Gasteiger partial charge on any atom is 0.274 e. The first-order chi connectivity index (χ1) is 13.9. The van der Waals surface area contributed by atoms with Crippen LogP contribution in [0, 0.1) is 6.92 Å². The van der Waals surface area contributed by atoms with Crippen molar-refractivity contribution in [2.45, 2.75) is 19.8 Å². The highest BCUT2D eigenvalue weighted by molar-refractivity contribution is 6.34. The van der Waals surface area contributed by atoms with E-state index in [1.165, 1.54) is 0 Å². The van der Waals surface area contributed by atoms with Crippen molar-refractivity contribution >= 4 is 45.7 Å². The Morgan fingerprint density at radius 2 is 2.00 bits per heavy atom. The maximum absolute atomic E-state index is 13.3. The summed E-state index contributed by atoms with van der Waals surface area (Å²) in [5.74, 6) is 0.371. The number of amides is 2. The van der Waals surface area contributed by atoms with Crippen molar-refractivity contribution < 1.29 is 14.3 Å². The molecule has 1 fully saturated rings. The summed E-state index contributed by atoms with van der Waals surface area (Å²) in [4.78, 5) is 27.6. The zero-order chi connectivity index (χ0) is 20.7. The van der Waals surface area contributed by atoms with Gasteiger partial charge in [0.15, 0.2) is 0 Å². The highest BCUT2D eigenvalue weighted by atomic mass is 35.5. The molecule has 2 amide bonds. The van der Waals surface area contributed by atoms with Crippen LogP contribution in [-0.4, -0.2) is 30.0 Å². The standard InChI is InChI=1S/C22H22ClN3O3/c1-13-6-8-17(16(23)11-13)24-22(28)21-20(26-10-4-5-19(26)27)15-12-14(29-3)7-9-18(15)25(21)2/h6-9,11-12H,4-5,10H2,1-3H3,(H,24,28). The monoisotopic (exact) mass is 411 g/mol. The van der Waals surface area contributed by atoms with Gasteiger partial charge in [0.25, 0.3) is 5.91 Å². The van der Waals surface area contributed by atoms with Crippen LogP contribution in [-0.2, 0) is 11.8 Å². The topological polar surface area (TPSA) is 63.6 Å². The molecule has 0 spiro atoms. The number of anilines is 2. The fourth-order valence-electron chi connectivity index (χ4n) is 3.85. The lowest BCUT2D eigenvalue weighted by Crippen LogP contribution is -2.27. The quantitative estimate of drug-likeness (QED) is 0.686. The van der Waals surface area contributed by atoms with Crippen LogP contribution in [0.1, 0.15) is 28.9 Å². The van der Waals surface area contributed by atoms with Crippen LogP contribution in [0.15, 0.2) is 36.4 Å². The number of hydrogen-bond acceptors (Lipinski definition) is 3. The van der Waals surface area contributed by atoms with Crippen molar-refractivity contribution in [1.29, 1.82) is 0 Å². The van der Waals surface area contributed by atoms with Gasteiger partial charge in [-0.05, 0) is 49.2 Å². The van der Waals surface area contributed by atoms with E-state index in [9.17, 15) is 9.59 Å². The number of carbonyl (C=O) groups excluding carboxylic acids is 2. The molecular weight excluding hydrogens is 390 g/mol. The van der Waals surface area contributed by atoms with Gasteiger partial charge >= 0.3 is 0 Å². The predicted octanol–water partition coefficient (Wildman–Crippen LogP) is 4.53. The van der Waals surface area contributed by atoms with Crippen LogP contribution >= 0.6 is 11.6 Å². The SMILES string of the molecule is COc1ccc2c(c1)c(N1CCCC1=O)c(C(=O)Nc1ccc(C)cc1Cl)n2C. The second kappa shape index (κ2) is 7.44. The second-order valence-corrected chi connectivity index (χ2v) is 7.63. The van der Waals surface area contributed by atoms with Crippen molar-refractivity contribution in [3.05, 3.63) is 52.7 Å². The third-order valence-corrected chi connectivity index (χ3v) is 5.62. The van der Waals surface area contributed by atoms with Gasteiger partial charge in [0.2, 0.25) is 5.91 Å². The summed E-state index contributed by atoms with van der Waals surface area (Å²) >= 11 is 6.31. The summed E-state index contributed by atoms with van der Waals surface area (Å²) in [7, 11) is 3.42. The zero-order valence-electron chi connectivity index (χ0n) is 16.6. The van der Waals surface area contributed by atoms with Gasteiger partial charge in [0.05, 0.1) is 29.0 Å². The molecule has 0 unspecified atom stereocenters.